The second kappa shape index (κ2) is 8.51. The molecule has 0 aromatic heterocycles. The van der Waals surface area contributed by atoms with Gasteiger partial charge in [0.15, 0.2) is 0 Å². The van der Waals surface area contributed by atoms with Crippen LogP contribution in [-0.2, 0) is 10.0 Å². The first-order valence-electron chi connectivity index (χ1n) is 8.10. The van der Waals surface area contributed by atoms with Gasteiger partial charge in [0.25, 0.3) is 11.8 Å². The second-order valence-corrected chi connectivity index (χ2v) is 8.12. The molecule has 2 rings (SSSR count). The molecule has 0 saturated heterocycles. The summed E-state index contributed by atoms with van der Waals surface area (Å²) in [6.45, 7) is 3.38. The van der Waals surface area contributed by atoms with Crippen molar-refractivity contribution in [3.8, 4) is 0 Å². The first kappa shape index (κ1) is 20.9. The quantitative estimate of drug-likeness (QED) is 0.682. The Labute approximate surface area is 163 Å². The average Bonchev–Trinajstić information content (AvgIpc) is 2.60. The van der Waals surface area contributed by atoms with Gasteiger partial charge in [-0.15, -0.1) is 0 Å². The Morgan fingerprint density at radius 3 is 2.30 bits per heavy atom. The van der Waals surface area contributed by atoms with Crippen molar-refractivity contribution in [3.05, 3.63) is 58.6 Å². The van der Waals surface area contributed by atoms with Gasteiger partial charge in [-0.3, -0.25) is 9.59 Å². The molecule has 0 aliphatic carbocycles. The Bertz CT molecular complexity index is 974. The lowest BCUT2D eigenvalue weighted by Gasteiger charge is -2.13. The molecule has 0 spiro atoms. The predicted molar refractivity (Wildman–Crippen MR) is 105 cm³/mol. The van der Waals surface area contributed by atoms with Gasteiger partial charge in [0.1, 0.15) is 0 Å². The highest BCUT2D eigenvalue weighted by molar-refractivity contribution is 7.89. The van der Waals surface area contributed by atoms with Crippen LogP contribution in [0, 0.1) is 0 Å². The van der Waals surface area contributed by atoms with Crippen LogP contribution in [0.2, 0.25) is 5.02 Å². The van der Waals surface area contributed by atoms with Crippen LogP contribution in [0.5, 0.6) is 0 Å². The Hall–Kier alpha value is -2.42. The minimum absolute atomic E-state index is 0.0185. The van der Waals surface area contributed by atoms with Crippen molar-refractivity contribution in [1.29, 1.82) is 0 Å². The van der Waals surface area contributed by atoms with E-state index >= 15 is 0 Å². The fraction of sp³-hybridized carbons (Fsp3) is 0.222. The fourth-order valence-electron chi connectivity index (χ4n) is 2.34. The van der Waals surface area contributed by atoms with E-state index in [1.165, 1.54) is 25.2 Å². The zero-order valence-corrected chi connectivity index (χ0v) is 16.6. The molecule has 0 fully saturated rings. The van der Waals surface area contributed by atoms with E-state index < -0.39 is 15.9 Å². The summed E-state index contributed by atoms with van der Waals surface area (Å²) in [7, 11) is -2.30. The number of anilines is 1. The smallest absolute Gasteiger partial charge is 0.257 e. The maximum Gasteiger partial charge on any atom is 0.257 e. The number of benzene rings is 2. The summed E-state index contributed by atoms with van der Waals surface area (Å²) < 4.78 is 27.1. The van der Waals surface area contributed by atoms with Crippen LogP contribution in [0.1, 0.15) is 34.6 Å². The summed E-state index contributed by atoms with van der Waals surface area (Å²) >= 11 is 6.09. The van der Waals surface area contributed by atoms with Crippen molar-refractivity contribution >= 4 is 39.1 Å². The summed E-state index contributed by atoms with van der Waals surface area (Å²) in [6, 6.07) is 10.0. The molecule has 0 radical (unpaired) electrons. The summed E-state index contributed by atoms with van der Waals surface area (Å²) in [5.41, 5.74) is 0.538. The Kier molecular flexibility index (Phi) is 6.59. The highest BCUT2D eigenvalue weighted by Gasteiger charge is 2.20. The van der Waals surface area contributed by atoms with Crippen LogP contribution in [0.4, 0.5) is 5.69 Å². The van der Waals surface area contributed by atoms with Gasteiger partial charge in [-0.2, -0.15) is 0 Å². The summed E-state index contributed by atoms with van der Waals surface area (Å²) in [4.78, 5) is 24.5. The van der Waals surface area contributed by atoms with E-state index in [9.17, 15) is 18.0 Å². The van der Waals surface area contributed by atoms with Crippen molar-refractivity contribution in [2.45, 2.75) is 24.8 Å². The second-order valence-electron chi connectivity index (χ2n) is 6.00. The van der Waals surface area contributed by atoms with Gasteiger partial charge in [-0.05, 0) is 44.2 Å². The van der Waals surface area contributed by atoms with Crippen molar-refractivity contribution in [2.75, 3.05) is 12.4 Å². The van der Waals surface area contributed by atoms with Crippen molar-refractivity contribution in [1.82, 2.24) is 10.0 Å². The lowest BCUT2D eigenvalue weighted by Crippen LogP contribution is -2.30. The number of sulfonamides is 1. The molecule has 0 aliphatic rings. The van der Waals surface area contributed by atoms with Crippen molar-refractivity contribution < 1.29 is 18.0 Å². The molecule has 2 amide bonds. The third-order valence-electron chi connectivity index (χ3n) is 3.53. The number of carbonyl (C=O) groups excluding carboxylic acids is 2. The summed E-state index contributed by atoms with van der Waals surface area (Å²) in [6.07, 6.45) is 0. The molecule has 0 unspecified atom stereocenters. The van der Waals surface area contributed by atoms with Crippen LogP contribution in [-0.4, -0.2) is 33.3 Å². The lowest BCUT2D eigenvalue weighted by molar-refractivity contribution is 0.0964. The number of para-hydroxylation sites is 1. The van der Waals surface area contributed by atoms with Crippen LogP contribution in [0.25, 0.3) is 0 Å². The van der Waals surface area contributed by atoms with Gasteiger partial charge in [0.05, 0.1) is 26.7 Å². The highest BCUT2D eigenvalue weighted by atomic mass is 35.5. The molecule has 144 valence electrons. The third-order valence-corrected chi connectivity index (χ3v) is 5.52. The predicted octanol–water partition coefficient (Wildman–Crippen LogP) is 2.64. The van der Waals surface area contributed by atoms with Gasteiger partial charge >= 0.3 is 0 Å². The highest BCUT2D eigenvalue weighted by Crippen LogP contribution is 2.23. The Balaban J connectivity index is 2.38. The number of rotatable bonds is 6. The van der Waals surface area contributed by atoms with Gasteiger partial charge < -0.3 is 10.6 Å². The van der Waals surface area contributed by atoms with Gasteiger partial charge in [-0.1, -0.05) is 23.7 Å². The molecule has 0 heterocycles. The monoisotopic (exact) mass is 409 g/mol. The third kappa shape index (κ3) is 5.06. The minimum Gasteiger partial charge on any atom is -0.355 e. The largest absolute Gasteiger partial charge is 0.355 e. The average molecular weight is 410 g/mol. The lowest BCUT2D eigenvalue weighted by atomic mass is 10.1. The van der Waals surface area contributed by atoms with E-state index in [2.05, 4.69) is 15.4 Å². The number of nitrogens with one attached hydrogen (secondary N) is 3. The normalized spacial score (nSPS) is 11.3. The molecule has 0 saturated carbocycles. The van der Waals surface area contributed by atoms with E-state index in [0.29, 0.717) is 0 Å². The van der Waals surface area contributed by atoms with E-state index in [1.807, 2.05) is 0 Å². The van der Waals surface area contributed by atoms with Crippen LogP contribution >= 0.6 is 11.6 Å². The zero-order valence-electron chi connectivity index (χ0n) is 15.0. The SMILES string of the molecule is CNC(=O)c1ccccc1NC(=O)c1cc(S(=O)(=O)NC(C)C)ccc1Cl. The number of halogens is 1. The van der Waals surface area contributed by atoms with Crippen LogP contribution < -0.4 is 15.4 Å². The van der Waals surface area contributed by atoms with Gasteiger partial charge in [0.2, 0.25) is 10.0 Å². The zero-order chi connectivity index (χ0) is 20.2. The van der Waals surface area contributed by atoms with E-state index in [0.717, 1.165) is 0 Å². The maximum atomic E-state index is 12.7. The van der Waals surface area contributed by atoms with E-state index in [1.54, 1.807) is 38.1 Å². The summed E-state index contributed by atoms with van der Waals surface area (Å²) in [5.74, 6) is -0.993. The van der Waals surface area contributed by atoms with Crippen molar-refractivity contribution in [2.24, 2.45) is 0 Å². The molecular weight excluding hydrogens is 390 g/mol. The molecule has 9 heteroatoms. The number of hydrogen-bond donors (Lipinski definition) is 3. The van der Waals surface area contributed by atoms with E-state index in [-0.39, 0.29) is 38.7 Å². The molecule has 0 bridgehead atoms. The van der Waals surface area contributed by atoms with E-state index in [4.69, 9.17) is 11.6 Å². The standard InChI is InChI=1S/C18H20ClN3O4S/c1-11(2)22-27(25,26)12-8-9-15(19)14(10-12)18(24)21-16-7-5-4-6-13(16)17(23)20-3/h4-11,22H,1-3H3,(H,20,23)(H,21,24). The molecular formula is C18H20ClN3O4S. The topological polar surface area (TPSA) is 104 Å². The maximum absolute atomic E-state index is 12.7. The van der Waals surface area contributed by atoms with Gasteiger partial charge in [0, 0.05) is 13.1 Å². The number of carbonyl (C=O) groups is 2. The minimum atomic E-state index is -3.78. The van der Waals surface area contributed by atoms with Crippen LogP contribution in [0.3, 0.4) is 0 Å². The molecule has 7 nitrogen and oxygen atoms in total. The molecule has 0 aliphatic heterocycles. The van der Waals surface area contributed by atoms with Crippen LogP contribution in [0.15, 0.2) is 47.4 Å². The first-order valence-corrected chi connectivity index (χ1v) is 9.96. The molecule has 2 aromatic carbocycles. The molecule has 27 heavy (non-hydrogen) atoms. The molecule has 0 atom stereocenters. The molecule has 2 aromatic rings. The fourth-order valence-corrected chi connectivity index (χ4v) is 3.82. The number of hydrogen-bond acceptors (Lipinski definition) is 4. The number of amides is 2. The first-order chi connectivity index (χ1) is 12.7. The van der Waals surface area contributed by atoms with Gasteiger partial charge in [-0.25, -0.2) is 13.1 Å². The molecule has 3 N–H and O–H groups in total. The Morgan fingerprint density at radius 2 is 1.67 bits per heavy atom. The summed E-state index contributed by atoms with van der Waals surface area (Å²) in [5, 5.41) is 5.18. The van der Waals surface area contributed by atoms with Crippen molar-refractivity contribution in [3.63, 3.8) is 0 Å². The Morgan fingerprint density at radius 1 is 1.00 bits per heavy atom.